The molecule has 0 aliphatic carbocycles. The first-order chi connectivity index (χ1) is 8.88. The van der Waals surface area contributed by atoms with Crippen molar-refractivity contribution in [1.29, 1.82) is 0 Å². The molecule has 2 aromatic rings. The molecule has 104 valence electrons. The molecule has 4 nitrogen and oxygen atoms in total. The van der Waals surface area contributed by atoms with Crippen LogP contribution in [0.25, 0.3) is 10.2 Å². The van der Waals surface area contributed by atoms with Crippen LogP contribution >= 0.6 is 23.7 Å². The van der Waals surface area contributed by atoms with Crippen molar-refractivity contribution in [2.45, 2.75) is 6.92 Å². The molecule has 19 heavy (non-hydrogen) atoms. The van der Waals surface area contributed by atoms with Crippen molar-refractivity contribution in [2.24, 2.45) is 0 Å². The third kappa shape index (κ3) is 2.94. The van der Waals surface area contributed by atoms with Gasteiger partial charge in [0, 0.05) is 13.1 Å². The first-order valence-corrected chi connectivity index (χ1v) is 7.05. The molecule has 0 radical (unpaired) electrons. The van der Waals surface area contributed by atoms with E-state index in [1.165, 1.54) is 4.70 Å². The van der Waals surface area contributed by atoms with Gasteiger partial charge in [-0.15, -0.1) is 12.4 Å². The van der Waals surface area contributed by atoms with Crippen LogP contribution in [0, 0.1) is 0 Å². The molecule has 0 spiro atoms. The van der Waals surface area contributed by atoms with Crippen LogP contribution in [0.2, 0.25) is 0 Å². The average molecular weight is 301 g/mol. The first-order valence-electron chi connectivity index (χ1n) is 6.23. The van der Waals surface area contributed by atoms with Gasteiger partial charge in [-0.2, -0.15) is 0 Å². The second kappa shape index (κ2) is 6.41. The summed E-state index contributed by atoms with van der Waals surface area (Å²) < 4.78 is 12.2. The molecule has 0 unspecified atom stereocenters. The predicted molar refractivity (Wildman–Crippen MR) is 81.1 cm³/mol. The molecule has 1 aliphatic heterocycles. The van der Waals surface area contributed by atoms with Gasteiger partial charge in [-0.25, -0.2) is 4.98 Å². The van der Waals surface area contributed by atoms with Crippen molar-refractivity contribution in [1.82, 2.24) is 4.98 Å². The maximum absolute atomic E-state index is 5.62. The standard InChI is InChI=1S/C13H16N2O2S.ClH/c1-2-17-10-4-3-5-11-12(10)14-13(18-11)15-6-8-16-9-7-15;/h3-5H,2,6-9H2,1H3;1H. The molecule has 1 aromatic carbocycles. The number of aromatic nitrogens is 1. The zero-order valence-electron chi connectivity index (χ0n) is 10.8. The van der Waals surface area contributed by atoms with Crippen molar-refractivity contribution in [3.05, 3.63) is 18.2 Å². The van der Waals surface area contributed by atoms with Crippen LogP contribution in [-0.4, -0.2) is 37.9 Å². The van der Waals surface area contributed by atoms with Crippen molar-refractivity contribution in [2.75, 3.05) is 37.8 Å². The fourth-order valence-electron chi connectivity index (χ4n) is 2.07. The number of anilines is 1. The van der Waals surface area contributed by atoms with Crippen molar-refractivity contribution >= 4 is 39.1 Å². The van der Waals surface area contributed by atoms with E-state index in [1.807, 2.05) is 19.1 Å². The molecule has 0 saturated carbocycles. The van der Waals surface area contributed by atoms with Gasteiger partial charge < -0.3 is 14.4 Å². The zero-order valence-corrected chi connectivity index (χ0v) is 12.4. The molecule has 0 bridgehead atoms. The molecule has 1 aliphatic rings. The molecule has 0 amide bonds. The summed E-state index contributed by atoms with van der Waals surface area (Å²) in [4.78, 5) is 7.00. The van der Waals surface area contributed by atoms with Crippen molar-refractivity contribution in [3.8, 4) is 5.75 Å². The fraction of sp³-hybridized carbons (Fsp3) is 0.462. The number of thiazole rings is 1. The Hall–Kier alpha value is -1.04. The maximum atomic E-state index is 5.62. The van der Waals surface area contributed by atoms with E-state index in [-0.39, 0.29) is 12.4 Å². The van der Waals surface area contributed by atoms with Gasteiger partial charge in [-0.3, -0.25) is 0 Å². The molecular weight excluding hydrogens is 284 g/mol. The third-order valence-corrected chi connectivity index (χ3v) is 4.03. The minimum absolute atomic E-state index is 0. The van der Waals surface area contributed by atoms with E-state index in [0.29, 0.717) is 6.61 Å². The van der Waals surface area contributed by atoms with E-state index >= 15 is 0 Å². The summed E-state index contributed by atoms with van der Waals surface area (Å²) in [5.74, 6) is 0.880. The minimum Gasteiger partial charge on any atom is -0.492 e. The lowest BCUT2D eigenvalue weighted by Crippen LogP contribution is -2.36. The number of nitrogens with zero attached hydrogens (tertiary/aromatic N) is 2. The van der Waals surface area contributed by atoms with Crippen LogP contribution in [0.1, 0.15) is 6.92 Å². The van der Waals surface area contributed by atoms with Gasteiger partial charge in [0.1, 0.15) is 11.3 Å². The molecule has 1 saturated heterocycles. The quantitative estimate of drug-likeness (QED) is 0.873. The summed E-state index contributed by atoms with van der Waals surface area (Å²) >= 11 is 1.72. The average Bonchev–Trinajstić information content (AvgIpc) is 2.85. The minimum atomic E-state index is 0. The highest BCUT2D eigenvalue weighted by Gasteiger charge is 2.16. The Kier molecular flexibility index (Phi) is 4.85. The lowest BCUT2D eigenvalue weighted by Gasteiger charge is -2.25. The van der Waals surface area contributed by atoms with Gasteiger partial charge in [-0.1, -0.05) is 17.4 Å². The number of halogens is 1. The van der Waals surface area contributed by atoms with E-state index < -0.39 is 0 Å². The summed E-state index contributed by atoms with van der Waals surface area (Å²) in [6, 6.07) is 6.10. The normalized spacial score (nSPS) is 15.3. The topological polar surface area (TPSA) is 34.6 Å². The summed E-state index contributed by atoms with van der Waals surface area (Å²) in [6.45, 7) is 6.08. The molecule has 6 heteroatoms. The van der Waals surface area contributed by atoms with Crippen LogP contribution in [0.5, 0.6) is 5.75 Å². The van der Waals surface area contributed by atoms with Crippen LogP contribution in [0.4, 0.5) is 5.13 Å². The molecule has 2 heterocycles. The van der Waals surface area contributed by atoms with Crippen LogP contribution in [0.3, 0.4) is 0 Å². The Morgan fingerprint density at radius 1 is 1.37 bits per heavy atom. The summed E-state index contributed by atoms with van der Waals surface area (Å²) in [5.41, 5.74) is 0.978. The molecule has 0 N–H and O–H groups in total. The Balaban J connectivity index is 0.00000133. The van der Waals surface area contributed by atoms with Gasteiger partial charge in [0.25, 0.3) is 0 Å². The van der Waals surface area contributed by atoms with Gasteiger partial charge in [0.15, 0.2) is 5.13 Å². The second-order valence-electron chi connectivity index (χ2n) is 4.13. The molecule has 1 aromatic heterocycles. The highest BCUT2D eigenvalue weighted by Crippen LogP contribution is 2.34. The van der Waals surface area contributed by atoms with E-state index in [0.717, 1.165) is 42.7 Å². The van der Waals surface area contributed by atoms with E-state index in [9.17, 15) is 0 Å². The number of hydrogen-bond donors (Lipinski definition) is 0. The monoisotopic (exact) mass is 300 g/mol. The molecule has 1 fully saturated rings. The van der Waals surface area contributed by atoms with Gasteiger partial charge in [0.05, 0.1) is 24.5 Å². The number of hydrogen-bond acceptors (Lipinski definition) is 5. The van der Waals surface area contributed by atoms with Crippen LogP contribution in [-0.2, 0) is 4.74 Å². The van der Waals surface area contributed by atoms with Crippen LogP contribution < -0.4 is 9.64 Å². The number of rotatable bonds is 3. The summed E-state index contributed by atoms with van der Waals surface area (Å²) in [6.07, 6.45) is 0. The second-order valence-corrected chi connectivity index (χ2v) is 5.14. The molecule has 3 rings (SSSR count). The number of benzene rings is 1. The zero-order chi connectivity index (χ0) is 12.4. The molecule has 0 atom stereocenters. The van der Waals surface area contributed by atoms with Crippen molar-refractivity contribution < 1.29 is 9.47 Å². The van der Waals surface area contributed by atoms with E-state index in [4.69, 9.17) is 14.5 Å². The number of ether oxygens (including phenoxy) is 2. The Morgan fingerprint density at radius 3 is 2.89 bits per heavy atom. The summed E-state index contributed by atoms with van der Waals surface area (Å²) in [7, 11) is 0. The lowest BCUT2D eigenvalue weighted by atomic mass is 10.3. The highest BCUT2D eigenvalue weighted by molar-refractivity contribution is 7.22. The predicted octanol–water partition coefficient (Wildman–Crippen LogP) is 2.95. The number of morpholine rings is 1. The fourth-order valence-corrected chi connectivity index (χ4v) is 3.11. The maximum Gasteiger partial charge on any atom is 0.186 e. The van der Waals surface area contributed by atoms with Gasteiger partial charge in [-0.05, 0) is 19.1 Å². The first kappa shape index (κ1) is 14.4. The highest BCUT2D eigenvalue weighted by atomic mass is 35.5. The van der Waals surface area contributed by atoms with Gasteiger partial charge >= 0.3 is 0 Å². The molecular formula is C13H17ClN2O2S. The lowest BCUT2D eigenvalue weighted by molar-refractivity contribution is 0.122. The van der Waals surface area contributed by atoms with Crippen LogP contribution in [0.15, 0.2) is 18.2 Å². The van der Waals surface area contributed by atoms with Crippen molar-refractivity contribution in [3.63, 3.8) is 0 Å². The Labute approximate surface area is 122 Å². The Morgan fingerprint density at radius 2 is 2.16 bits per heavy atom. The number of para-hydroxylation sites is 1. The summed E-state index contributed by atoms with van der Waals surface area (Å²) in [5, 5.41) is 1.07. The number of fused-ring (bicyclic) bond motifs is 1. The van der Waals surface area contributed by atoms with E-state index in [2.05, 4.69) is 11.0 Å². The van der Waals surface area contributed by atoms with Gasteiger partial charge in [0.2, 0.25) is 0 Å². The van der Waals surface area contributed by atoms with E-state index in [1.54, 1.807) is 11.3 Å². The Bertz CT molecular complexity index is 540. The third-order valence-electron chi connectivity index (χ3n) is 2.95. The SMILES string of the molecule is CCOc1cccc2sc(N3CCOCC3)nc12.Cl. The largest absolute Gasteiger partial charge is 0.492 e. The smallest absolute Gasteiger partial charge is 0.186 e.